The van der Waals surface area contributed by atoms with Gasteiger partial charge in [-0.3, -0.25) is 0 Å². The van der Waals surface area contributed by atoms with E-state index in [0.29, 0.717) is 5.69 Å². The monoisotopic (exact) mass is 291 g/mol. The van der Waals surface area contributed by atoms with Crippen LogP contribution in [0.5, 0.6) is 11.5 Å². The third-order valence-electron chi connectivity index (χ3n) is 4.73. The zero-order valence-corrected chi connectivity index (χ0v) is 12.8. The maximum Gasteiger partial charge on any atom is 0.146 e. The summed E-state index contributed by atoms with van der Waals surface area (Å²) in [5, 5.41) is 0. The number of nitrogens with two attached hydrogens (primary N) is 1. The zero-order chi connectivity index (χ0) is 14.7. The van der Waals surface area contributed by atoms with Crippen molar-refractivity contribution in [1.82, 2.24) is 0 Å². The largest absolute Gasteiger partial charge is 0.497 e. The molecule has 1 aliphatic carbocycles. The fourth-order valence-corrected chi connectivity index (χ4v) is 3.55. The highest BCUT2D eigenvalue weighted by Crippen LogP contribution is 2.40. The van der Waals surface area contributed by atoms with Crippen LogP contribution in [-0.2, 0) is 4.74 Å². The molecule has 21 heavy (non-hydrogen) atoms. The van der Waals surface area contributed by atoms with E-state index >= 15 is 0 Å². The fraction of sp³-hybridized carbons (Fsp3) is 0.647. The van der Waals surface area contributed by atoms with E-state index in [4.69, 9.17) is 19.9 Å². The van der Waals surface area contributed by atoms with Gasteiger partial charge in [0, 0.05) is 18.9 Å². The van der Waals surface area contributed by atoms with Crippen LogP contribution in [0.1, 0.15) is 44.9 Å². The molecule has 2 aliphatic rings. The van der Waals surface area contributed by atoms with Gasteiger partial charge in [-0.2, -0.15) is 0 Å². The second-order valence-corrected chi connectivity index (χ2v) is 6.23. The molecule has 0 radical (unpaired) electrons. The quantitative estimate of drug-likeness (QED) is 0.865. The van der Waals surface area contributed by atoms with Crippen molar-refractivity contribution in [3.63, 3.8) is 0 Å². The minimum absolute atomic E-state index is 0.0504. The van der Waals surface area contributed by atoms with Crippen molar-refractivity contribution in [2.24, 2.45) is 0 Å². The first-order valence-corrected chi connectivity index (χ1v) is 7.95. The Morgan fingerprint density at radius 3 is 2.81 bits per heavy atom. The van der Waals surface area contributed by atoms with Gasteiger partial charge >= 0.3 is 0 Å². The Bertz CT molecular complexity index is 477. The lowest BCUT2D eigenvalue weighted by molar-refractivity contribution is -0.129. The van der Waals surface area contributed by atoms with Crippen molar-refractivity contribution in [1.29, 1.82) is 0 Å². The van der Waals surface area contributed by atoms with E-state index in [-0.39, 0.29) is 11.7 Å². The highest BCUT2D eigenvalue weighted by Gasteiger charge is 2.39. The SMILES string of the molecule is COc1ccc(N)c(OC2CCOC3(CCCCC3)C2)c1. The van der Waals surface area contributed by atoms with Crippen molar-refractivity contribution in [3.05, 3.63) is 18.2 Å². The molecule has 1 aromatic carbocycles. The first kappa shape index (κ1) is 14.5. The Balaban J connectivity index is 1.69. The molecular formula is C17H25NO3. The summed E-state index contributed by atoms with van der Waals surface area (Å²) in [4.78, 5) is 0. The molecule has 2 fully saturated rings. The van der Waals surface area contributed by atoms with Gasteiger partial charge in [0.15, 0.2) is 0 Å². The van der Waals surface area contributed by atoms with Crippen LogP contribution in [0.2, 0.25) is 0 Å². The summed E-state index contributed by atoms with van der Waals surface area (Å²) < 4.78 is 17.5. The first-order chi connectivity index (χ1) is 10.2. The molecular weight excluding hydrogens is 266 g/mol. The summed E-state index contributed by atoms with van der Waals surface area (Å²) in [5.74, 6) is 1.51. The summed E-state index contributed by atoms with van der Waals surface area (Å²) in [5.41, 5.74) is 6.74. The Hall–Kier alpha value is -1.42. The molecule has 2 N–H and O–H groups in total. The van der Waals surface area contributed by atoms with Crippen molar-refractivity contribution in [3.8, 4) is 11.5 Å². The number of methoxy groups -OCH3 is 1. The second kappa shape index (κ2) is 6.14. The summed E-state index contributed by atoms with van der Waals surface area (Å²) in [6.07, 6.45) is 8.30. The van der Waals surface area contributed by atoms with Crippen LogP contribution in [0.3, 0.4) is 0 Å². The molecule has 1 spiro atoms. The average Bonchev–Trinajstić information content (AvgIpc) is 2.50. The van der Waals surface area contributed by atoms with Crippen molar-refractivity contribution in [2.75, 3.05) is 19.5 Å². The predicted molar refractivity (Wildman–Crippen MR) is 82.8 cm³/mol. The number of nitrogen functional groups attached to an aromatic ring is 1. The van der Waals surface area contributed by atoms with Crippen LogP contribution < -0.4 is 15.2 Å². The number of ether oxygens (including phenoxy) is 3. The van der Waals surface area contributed by atoms with Gasteiger partial charge in [-0.15, -0.1) is 0 Å². The molecule has 1 atom stereocenters. The number of rotatable bonds is 3. The highest BCUT2D eigenvalue weighted by atomic mass is 16.5. The summed E-state index contributed by atoms with van der Waals surface area (Å²) >= 11 is 0. The molecule has 4 nitrogen and oxygen atoms in total. The standard InChI is InChI=1S/C17H25NO3/c1-19-13-5-6-15(18)16(11-13)21-14-7-10-20-17(12-14)8-3-2-4-9-17/h5-6,11,14H,2-4,7-10,12,18H2,1H3. The van der Waals surface area contributed by atoms with E-state index in [0.717, 1.165) is 30.9 Å². The molecule has 1 heterocycles. The molecule has 0 amide bonds. The average molecular weight is 291 g/mol. The predicted octanol–water partition coefficient (Wildman–Crippen LogP) is 3.54. The van der Waals surface area contributed by atoms with Crippen LogP contribution in [0.25, 0.3) is 0 Å². The normalized spacial score (nSPS) is 24.7. The number of hydrogen-bond acceptors (Lipinski definition) is 4. The molecule has 0 bridgehead atoms. The van der Waals surface area contributed by atoms with E-state index < -0.39 is 0 Å². The molecule has 1 saturated carbocycles. The smallest absolute Gasteiger partial charge is 0.146 e. The Labute approximate surface area is 126 Å². The Kier molecular flexibility index (Phi) is 4.24. The molecule has 1 aliphatic heterocycles. The molecule has 1 aromatic rings. The van der Waals surface area contributed by atoms with Gasteiger partial charge in [0.05, 0.1) is 25.0 Å². The van der Waals surface area contributed by atoms with E-state index in [1.54, 1.807) is 7.11 Å². The zero-order valence-electron chi connectivity index (χ0n) is 12.8. The Morgan fingerprint density at radius 2 is 2.05 bits per heavy atom. The van der Waals surface area contributed by atoms with Gasteiger partial charge in [-0.1, -0.05) is 19.3 Å². The van der Waals surface area contributed by atoms with Gasteiger partial charge in [0.1, 0.15) is 17.6 Å². The minimum atomic E-state index is 0.0504. The summed E-state index contributed by atoms with van der Waals surface area (Å²) in [7, 11) is 1.65. The van der Waals surface area contributed by atoms with Gasteiger partial charge in [-0.05, 0) is 25.0 Å². The number of hydrogen-bond donors (Lipinski definition) is 1. The summed E-state index contributed by atoms with van der Waals surface area (Å²) in [6, 6.07) is 5.57. The fourth-order valence-electron chi connectivity index (χ4n) is 3.55. The maximum atomic E-state index is 6.17. The molecule has 3 rings (SSSR count). The molecule has 116 valence electrons. The van der Waals surface area contributed by atoms with Crippen molar-refractivity contribution < 1.29 is 14.2 Å². The molecule has 1 saturated heterocycles. The molecule has 0 aromatic heterocycles. The summed E-state index contributed by atoms with van der Waals surface area (Å²) in [6.45, 7) is 0.786. The third kappa shape index (κ3) is 3.26. The first-order valence-electron chi connectivity index (χ1n) is 7.95. The van der Waals surface area contributed by atoms with E-state index in [9.17, 15) is 0 Å². The lowest BCUT2D eigenvalue weighted by Gasteiger charge is -2.43. The van der Waals surface area contributed by atoms with Crippen LogP contribution in [0.15, 0.2) is 18.2 Å². The maximum absolute atomic E-state index is 6.17. The number of benzene rings is 1. The van der Waals surface area contributed by atoms with Crippen LogP contribution in [0.4, 0.5) is 5.69 Å². The lowest BCUT2D eigenvalue weighted by atomic mass is 9.79. The topological polar surface area (TPSA) is 53.7 Å². The van der Waals surface area contributed by atoms with Crippen LogP contribution in [-0.4, -0.2) is 25.4 Å². The third-order valence-corrected chi connectivity index (χ3v) is 4.73. The van der Waals surface area contributed by atoms with Crippen LogP contribution >= 0.6 is 0 Å². The molecule has 1 unspecified atom stereocenters. The number of anilines is 1. The van der Waals surface area contributed by atoms with Gasteiger partial charge in [0.2, 0.25) is 0 Å². The Morgan fingerprint density at radius 1 is 1.24 bits per heavy atom. The lowest BCUT2D eigenvalue weighted by Crippen LogP contribution is -2.45. The van der Waals surface area contributed by atoms with E-state index in [1.165, 1.54) is 32.1 Å². The second-order valence-electron chi connectivity index (χ2n) is 6.23. The van der Waals surface area contributed by atoms with Crippen LogP contribution in [0, 0.1) is 0 Å². The van der Waals surface area contributed by atoms with E-state index in [1.807, 2.05) is 18.2 Å². The van der Waals surface area contributed by atoms with Crippen molar-refractivity contribution in [2.45, 2.75) is 56.7 Å². The van der Waals surface area contributed by atoms with Crippen molar-refractivity contribution >= 4 is 5.69 Å². The van der Waals surface area contributed by atoms with Gasteiger partial charge in [0.25, 0.3) is 0 Å². The molecule has 4 heteroatoms. The minimum Gasteiger partial charge on any atom is -0.497 e. The van der Waals surface area contributed by atoms with Gasteiger partial charge in [-0.25, -0.2) is 0 Å². The highest BCUT2D eigenvalue weighted by molar-refractivity contribution is 5.55. The van der Waals surface area contributed by atoms with Gasteiger partial charge < -0.3 is 19.9 Å². The van der Waals surface area contributed by atoms with E-state index in [2.05, 4.69) is 0 Å².